The fraction of sp³-hybridized carbons (Fsp3) is 0.235. The average Bonchev–Trinajstić information content (AvgIpc) is 3.01. The van der Waals surface area contributed by atoms with Crippen molar-refractivity contribution < 1.29 is 9.18 Å². The highest BCUT2D eigenvalue weighted by Gasteiger charge is 2.30. The number of aryl methyl sites for hydroxylation is 1. The van der Waals surface area contributed by atoms with Gasteiger partial charge in [-0.15, -0.1) is 0 Å². The third-order valence-corrected chi connectivity index (χ3v) is 4.15. The van der Waals surface area contributed by atoms with E-state index in [1.54, 1.807) is 19.1 Å². The number of hydrogen-bond acceptors (Lipinski definition) is 3. The number of halogens is 2. The molecule has 4 nitrogen and oxygen atoms in total. The zero-order valence-electron chi connectivity index (χ0n) is 12.6. The summed E-state index contributed by atoms with van der Waals surface area (Å²) >= 11 is 5.99. The minimum Gasteiger partial charge on any atom is -0.325 e. The van der Waals surface area contributed by atoms with Gasteiger partial charge in [-0.25, -0.2) is 15.2 Å². The van der Waals surface area contributed by atoms with Gasteiger partial charge in [0.15, 0.2) is 0 Å². The van der Waals surface area contributed by atoms with Gasteiger partial charge in [-0.05, 0) is 48.7 Å². The van der Waals surface area contributed by atoms with Crippen LogP contribution in [-0.2, 0) is 4.79 Å². The Morgan fingerprint density at radius 3 is 2.83 bits per heavy atom. The van der Waals surface area contributed by atoms with Crippen molar-refractivity contribution in [3.05, 3.63) is 64.4 Å². The van der Waals surface area contributed by atoms with Crippen molar-refractivity contribution in [1.82, 2.24) is 10.9 Å². The summed E-state index contributed by atoms with van der Waals surface area (Å²) in [6.07, 6.45) is 0.584. The Morgan fingerprint density at radius 1 is 1.26 bits per heavy atom. The molecule has 2 unspecified atom stereocenters. The minimum absolute atomic E-state index is 0.000737. The van der Waals surface area contributed by atoms with Crippen LogP contribution >= 0.6 is 11.6 Å². The molecule has 2 aromatic carbocycles. The van der Waals surface area contributed by atoms with Crippen LogP contribution in [0.25, 0.3) is 0 Å². The average molecular weight is 334 g/mol. The molecular weight excluding hydrogens is 317 g/mol. The lowest BCUT2D eigenvalue weighted by molar-refractivity contribution is -0.117. The molecule has 0 bridgehead atoms. The van der Waals surface area contributed by atoms with Crippen LogP contribution in [0.5, 0.6) is 0 Å². The quantitative estimate of drug-likeness (QED) is 0.807. The minimum atomic E-state index is -0.400. The van der Waals surface area contributed by atoms with Crippen molar-refractivity contribution in [2.45, 2.75) is 25.4 Å². The van der Waals surface area contributed by atoms with Crippen LogP contribution in [0.1, 0.15) is 23.6 Å². The topological polar surface area (TPSA) is 53.2 Å². The predicted molar refractivity (Wildman–Crippen MR) is 88.6 cm³/mol. The molecule has 2 aromatic rings. The second-order valence-electron chi connectivity index (χ2n) is 5.64. The van der Waals surface area contributed by atoms with Gasteiger partial charge in [0.1, 0.15) is 11.9 Å². The summed E-state index contributed by atoms with van der Waals surface area (Å²) in [6, 6.07) is 11.8. The number of rotatable bonds is 3. The summed E-state index contributed by atoms with van der Waals surface area (Å²) < 4.78 is 13.5. The maximum atomic E-state index is 13.5. The van der Waals surface area contributed by atoms with Crippen LogP contribution in [-0.4, -0.2) is 11.9 Å². The van der Waals surface area contributed by atoms with Crippen molar-refractivity contribution in [3.63, 3.8) is 0 Å². The van der Waals surface area contributed by atoms with Crippen LogP contribution < -0.4 is 16.2 Å². The molecule has 0 spiro atoms. The Labute approximate surface area is 139 Å². The van der Waals surface area contributed by atoms with Gasteiger partial charge in [-0.2, -0.15) is 0 Å². The smallest absolute Gasteiger partial charge is 0.242 e. The van der Waals surface area contributed by atoms with Crippen LogP contribution in [0.2, 0.25) is 5.02 Å². The Kier molecular flexibility index (Phi) is 4.61. The van der Waals surface area contributed by atoms with Gasteiger partial charge in [0.05, 0.1) is 0 Å². The maximum absolute atomic E-state index is 13.5. The molecule has 3 N–H and O–H groups in total. The number of carbonyl (C=O) groups excluding carboxylic acids is 1. The maximum Gasteiger partial charge on any atom is 0.242 e. The molecule has 1 fully saturated rings. The van der Waals surface area contributed by atoms with Crippen LogP contribution in [0, 0.1) is 12.7 Å². The summed E-state index contributed by atoms with van der Waals surface area (Å²) in [7, 11) is 0. The molecule has 1 heterocycles. The first-order valence-corrected chi connectivity index (χ1v) is 7.74. The number of nitrogens with one attached hydrogen (secondary N) is 3. The number of carbonyl (C=O) groups is 1. The first-order chi connectivity index (χ1) is 11.0. The first-order valence-electron chi connectivity index (χ1n) is 7.36. The molecule has 0 saturated carbocycles. The Hall–Kier alpha value is -1.95. The van der Waals surface area contributed by atoms with Crippen molar-refractivity contribution in [2.75, 3.05) is 5.32 Å². The van der Waals surface area contributed by atoms with Gasteiger partial charge in [-0.1, -0.05) is 29.8 Å². The van der Waals surface area contributed by atoms with E-state index >= 15 is 0 Å². The van der Waals surface area contributed by atoms with Crippen molar-refractivity contribution >= 4 is 23.2 Å². The fourth-order valence-corrected chi connectivity index (χ4v) is 2.77. The highest BCUT2D eigenvalue weighted by atomic mass is 35.5. The first kappa shape index (κ1) is 15.9. The second-order valence-corrected chi connectivity index (χ2v) is 6.07. The van der Waals surface area contributed by atoms with Crippen LogP contribution in [0.3, 0.4) is 0 Å². The lowest BCUT2D eigenvalue weighted by atomic mass is 10.0. The summed E-state index contributed by atoms with van der Waals surface area (Å²) in [5.74, 6) is -0.539. The third-order valence-electron chi connectivity index (χ3n) is 3.91. The summed E-state index contributed by atoms with van der Waals surface area (Å²) in [5.41, 5.74) is 8.08. The monoisotopic (exact) mass is 333 g/mol. The summed E-state index contributed by atoms with van der Waals surface area (Å²) in [6.45, 7) is 1.68. The van der Waals surface area contributed by atoms with Gasteiger partial charge in [0.2, 0.25) is 5.91 Å². The van der Waals surface area contributed by atoms with E-state index in [1.807, 2.05) is 24.3 Å². The number of benzene rings is 2. The van der Waals surface area contributed by atoms with E-state index in [1.165, 1.54) is 6.07 Å². The summed E-state index contributed by atoms with van der Waals surface area (Å²) in [5, 5.41) is 3.39. The third kappa shape index (κ3) is 3.69. The van der Waals surface area contributed by atoms with E-state index in [2.05, 4.69) is 16.2 Å². The molecule has 1 aliphatic heterocycles. The van der Waals surface area contributed by atoms with E-state index in [9.17, 15) is 9.18 Å². The molecular formula is C17H17ClFN3O. The van der Waals surface area contributed by atoms with Gasteiger partial charge in [0, 0.05) is 16.8 Å². The highest BCUT2D eigenvalue weighted by Crippen LogP contribution is 2.25. The van der Waals surface area contributed by atoms with Gasteiger partial charge in [0.25, 0.3) is 0 Å². The van der Waals surface area contributed by atoms with Gasteiger partial charge in [-0.3, -0.25) is 4.79 Å². The van der Waals surface area contributed by atoms with Crippen molar-refractivity contribution in [1.29, 1.82) is 0 Å². The SMILES string of the molecule is Cc1ccc(NC(=O)C2CC(c3cccc(Cl)c3)NN2)cc1F. The second kappa shape index (κ2) is 6.66. The molecule has 1 amide bonds. The van der Waals surface area contributed by atoms with Gasteiger partial charge >= 0.3 is 0 Å². The fourth-order valence-electron chi connectivity index (χ4n) is 2.57. The normalized spacial score (nSPS) is 20.5. The van der Waals surface area contributed by atoms with Crippen LogP contribution in [0.4, 0.5) is 10.1 Å². The molecule has 2 atom stereocenters. The highest BCUT2D eigenvalue weighted by molar-refractivity contribution is 6.30. The Balaban J connectivity index is 1.64. The van der Waals surface area contributed by atoms with E-state index in [0.717, 1.165) is 5.56 Å². The van der Waals surface area contributed by atoms with Crippen molar-refractivity contribution in [3.8, 4) is 0 Å². The zero-order chi connectivity index (χ0) is 16.4. The van der Waals surface area contributed by atoms with E-state index < -0.39 is 6.04 Å². The lowest BCUT2D eigenvalue weighted by Gasteiger charge is -2.11. The number of anilines is 1. The lowest BCUT2D eigenvalue weighted by Crippen LogP contribution is -2.39. The number of hydrogen-bond donors (Lipinski definition) is 3. The van der Waals surface area contributed by atoms with E-state index in [4.69, 9.17) is 11.6 Å². The molecule has 0 aromatic heterocycles. The van der Waals surface area contributed by atoms with Crippen LogP contribution in [0.15, 0.2) is 42.5 Å². The molecule has 6 heteroatoms. The number of hydrazine groups is 1. The Morgan fingerprint density at radius 2 is 2.09 bits per heavy atom. The van der Waals surface area contributed by atoms with Crippen molar-refractivity contribution in [2.24, 2.45) is 0 Å². The predicted octanol–water partition coefficient (Wildman–Crippen LogP) is 3.33. The molecule has 23 heavy (non-hydrogen) atoms. The Bertz CT molecular complexity index is 738. The molecule has 1 saturated heterocycles. The standard InChI is InChI=1S/C17H17ClFN3O/c1-10-5-6-13(8-14(10)19)20-17(23)16-9-15(21-22-16)11-3-2-4-12(18)7-11/h2-8,15-16,21-22H,9H2,1H3,(H,20,23). The summed E-state index contributed by atoms with van der Waals surface area (Å²) in [4.78, 5) is 12.3. The zero-order valence-corrected chi connectivity index (χ0v) is 13.3. The molecule has 0 aliphatic carbocycles. The molecule has 1 aliphatic rings. The van der Waals surface area contributed by atoms with E-state index in [0.29, 0.717) is 22.7 Å². The number of amides is 1. The molecule has 0 radical (unpaired) electrons. The molecule has 120 valence electrons. The van der Waals surface area contributed by atoms with Gasteiger partial charge < -0.3 is 5.32 Å². The van der Waals surface area contributed by atoms with E-state index in [-0.39, 0.29) is 17.8 Å². The molecule has 3 rings (SSSR count). The largest absolute Gasteiger partial charge is 0.325 e.